The van der Waals surface area contributed by atoms with E-state index < -0.39 is 32.5 Å². The summed E-state index contributed by atoms with van der Waals surface area (Å²) in [5, 5.41) is 0. The van der Waals surface area contributed by atoms with Crippen molar-refractivity contribution in [1.82, 2.24) is 15.2 Å². The third-order valence-electron chi connectivity index (χ3n) is 2.38. The van der Waals surface area contributed by atoms with E-state index in [0.717, 1.165) is 18.2 Å². The van der Waals surface area contributed by atoms with Crippen LogP contribution in [-0.4, -0.2) is 19.3 Å². The number of aromatic nitrogens is 1. The molecule has 21 heavy (non-hydrogen) atoms. The molecule has 6 nitrogen and oxygen atoms in total. The molecule has 0 aliphatic carbocycles. The van der Waals surface area contributed by atoms with Crippen molar-refractivity contribution in [3.05, 3.63) is 52.3 Å². The maximum atomic E-state index is 13.4. The third-order valence-corrected chi connectivity index (χ3v) is 4.14. The molecule has 0 saturated heterocycles. The van der Waals surface area contributed by atoms with E-state index in [9.17, 15) is 22.0 Å². The summed E-state index contributed by atoms with van der Waals surface area (Å²) in [6.07, 6.45) is 1.46. The molecular formula is C11H8BrF2N3O3S. The highest BCUT2D eigenvalue weighted by atomic mass is 79.9. The molecule has 112 valence electrons. The summed E-state index contributed by atoms with van der Waals surface area (Å²) in [5.74, 6) is -3.35. The molecule has 0 fully saturated rings. The summed E-state index contributed by atoms with van der Waals surface area (Å²) in [4.78, 5) is 14.6. The lowest BCUT2D eigenvalue weighted by Gasteiger charge is -2.09. The number of carbonyl (C=O) groups is 1. The summed E-state index contributed by atoms with van der Waals surface area (Å²) >= 11 is 3.10. The number of halogens is 3. The molecular weight excluding hydrogens is 372 g/mol. The van der Waals surface area contributed by atoms with Gasteiger partial charge in [0.15, 0.2) is 4.90 Å². The monoisotopic (exact) mass is 379 g/mol. The SMILES string of the molecule is O=C(NNS(=O)(=O)c1c(F)cccc1F)c1cc(Br)c[nH]1. The normalized spacial score (nSPS) is 11.4. The first kappa shape index (κ1) is 15.6. The first-order chi connectivity index (χ1) is 9.81. The highest BCUT2D eigenvalue weighted by Gasteiger charge is 2.24. The molecule has 10 heteroatoms. The van der Waals surface area contributed by atoms with Crippen LogP contribution >= 0.6 is 15.9 Å². The highest BCUT2D eigenvalue weighted by molar-refractivity contribution is 9.10. The number of carbonyl (C=O) groups excluding carboxylic acids is 1. The van der Waals surface area contributed by atoms with E-state index in [2.05, 4.69) is 20.9 Å². The average Bonchev–Trinajstić information content (AvgIpc) is 2.82. The molecule has 0 unspecified atom stereocenters. The van der Waals surface area contributed by atoms with E-state index >= 15 is 0 Å². The minimum Gasteiger partial charge on any atom is -0.356 e. The maximum absolute atomic E-state index is 13.4. The molecule has 1 aromatic carbocycles. The van der Waals surface area contributed by atoms with Crippen LogP contribution < -0.4 is 10.3 Å². The van der Waals surface area contributed by atoms with Crippen LogP contribution in [0.3, 0.4) is 0 Å². The lowest BCUT2D eigenvalue weighted by atomic mass is 10.3. The largest absolute Gasteiger partial charge is 0.356 e. The van der Waals surface area contributed by atoms with E-state index in [1.54, 1.807) is 4.83 Å². The molecule has 3 N–H and O–H groups in total. The van der Waals surface area contributed by atoms with Gasteiger partial charge < -0.3 is 4.98 Å². The Morgan fingerprint density at radius 2 is 1.86 bits per heavy atom. The van der Waals surface area contributed by atoms with Gasteiger partial charge in [0.25, 0.3) is 15.9 Å². The van der Waals surface area contributed by atoms with Crippen LogP contribution in [0, 0.1) is 11.6 Å². The van der Waals surface area contributed by atoms with Crippen molar-refractivity contribution in [2.24, 2.45) is 0 Å². The Morgan fingerprint density at radius 3 is 2.38 bits per heavy atom. The van der Waals surface area contributed by atoms with Gasteiger partial charge in [0.05, 0.1) is 0 Å². The van der Waals surface area contributed by atoms with E-state index in [-0.39, 0.29) is 5.69 Å². The molecule has 0 bridgehead atoms. The van der Waals surface area contributed by atoms with Gasteiger partial charge in [-0.1, -0.05) is 6.07 Å². The Labute approximate surface area is 126 Å². The Balaban J connectivity index is 2.17. The maximum Gasteiger partial charge on any atom is 0.282 e. The van der Waals surface area contributed by atoms with Gasteiger partial charge in [-0.2, -0.15) is 0 Å². The van der Waals surface area contributed by atoms with Gasteiger partial charge in [0, 0.05) is 10.7 Å². The van der Waals surface area contributed by atoms with E-state index in [1.165, 1.54) is 12.3 Å². The van der Waals surface area contributed by atoms with Gasteiger partial charge in [0.2, 0.25) is 0 Å². The van der Waals surface area contributed by atoms with Crippen molar-refractivity contribution in [3.63, 3.8) is 0 Å². The third kappa shape index (κ3) is 3.46. The zero-order chi connectivity index (χ0) is 15.6. The van der Waals surface area contributed by atoms with Crippen molar-refractivity contribution in [2.45, 2.75) is 4.90 Å². The Bertz CT molecular complexity index is 772. The van der Waals surface area contributed by atoms with E-state index in [1.807, 2.05) is 5.43 Å². The molecule has 1 heterocycles. The van der Waals surface area contributed by atoms with Crippen LogP contribution in [0.1, 0.15) is 10.5 Å². The number of amides is 1. The van der Waals surface area contributed by atoms with Crippen LogP contribution in [0.25, 0.3) is 0 Å². The molecule has 0 aliphatic rings. The van der Waals surface area contributed by atoms with Crippen molar-refractivity contribution >= 4 is 31.9 Å². The number of hydrogen-bond acceptors (Lipinski definition) is 3. The number of hydrazine groups is 1. The number of sulfonamides is 1. The molecule has 0 saturated carbocycles. The first-order valence-corrected chi connectivity index (χ1v) is 7.69. The quantitative estimate of drug-likeness (QED) is 0.705. The number of nitrogens with one attached hydrogen (secondary N) is 3. The van der Waals surface area contributed by atoms with Crippen LogP contribution in [0.5, 0.6) is 0 Å². The average molecular weight is 380 g/mol. The Morgan fingerprint density at radius 1 is 1.24 bits per heavy atom. The number of H-pyrrole nitrogens is 1. The van der Waals surface area contributed by atoms with Crippen molar-refractivity contribution in [3.8, 4) is 0 Å². The summed E-state index contributed by atoms with van der Waals surface area (Å²) in [5.41, 5.74) is 1.90. The predicted octanol–water partition coefficient (Wildman–Crippen LogP) is 1.68. The molecule has 0 aliphatic heterocycles. The van der Waals surface area contributed by atoms with Gasteiger partial charge >= 0.3 is 0 Å². The van der Waals surface area contributed by atoms with Crippen molar-refractivity contribution < 1.29 is 22.0 Å². The van der Waals surface area contributed by atoms with Crippen LogP contribution in [-0.2, 0) is 10.0 Å². The van der Waals surface area contributed by atoms with Crippen molar-refractivity contribution in [1.29, 1.82) is 0 Å². The molecule has 0 spiro atoms. The van der Waals surface area contributed by atoms with Crippen LogP contribution in [0.15, 0.2) is 39.8 Å². The standard InChI is InChI=1S/C11H8BrF2N3O3S/c12-6-4-9(15-5-6)11(18)16-17-21(19,20)10-7(13)2-1-3-8(10)14/h1-5,15,17H,(H,16,18). The lowest BCUT2D eigenvalue weighted by molar-refractivity contribution is 0.0940. The second-order valence-corrected chi connectivity index (χ2v) is 6.38. The molecule has 2 aromatic rings. The zero-order valence-corrected chi connectivity index (χ0v) is 12.6. The highest BCUT2D eigenvalue weighted by Crippen LogP contribution is 2.17. The first-order valence-electron chi connectivity index (χ1n) is 5.41. The number of hydrogen-bond donors (Lipinski definition) is 3. The van der Waals surface area contributed by atoms with E-state index in [4.69, 9.17) is 0 Å². The Hall–Kier alpha value is -1.78. The van der Waals surface area contributed by atoms with Gasteiger partial charge in [-0.05, 0) is 34.1 Å². The van der Waals surface area contributed by atoms with Gasteiger partial charge in [-0.25, -0.2) is 17.2 Å². The second kappa shape index (κ2) is 5.92. The van der Waals surface area contributed by atoms with E-state index in [0.29, 0.717) is 4.47 Å². The second-order valence-electron chi connectivity index (χ2n) is 3.84. The van der Waals surface area contributed by atoms with Crippen LogP contribution in [0.4, 0.5) is 8.78 Å². The van der Waals surface area contributed by atoms with Gasteiger partial charge in [0.1, 0.15) is 17.3 Å². The van der Waals surface area contributed by atoms with Gasteiger partial charge in [-0.3, -0.25) is 10.2 Å². The fourth-order valence-corrected chi connectivity index (χ4v) is 2.79. The molecule has 1 amide bonds. The molecule has 1 aromatic heterocycles. The minimum absolute atomic E-state index is 0.0542. The zero-order valence-electron chi connectivity index (χ0n) is 10.2. The number of aromatic amines is 1. The molecule has 0 atom stereocenters. The Kier molecular flexibility index (Phi) is 4.40. The summed E-state index contributed by atoms with van der Waals surface area (Å²) in [6.45, 7) is 0. The fourth-order valence-electron chi connectivity index (χ4n) is 1.47. The summed E-state index contributed by atoms with van der Waals surface area (Å²) in [7, 11) is -4.58. The van der Waals surface area contributed by atoms with Crippen LogP contribution in [0.2, 0.25) is 0 Å². The molecule has 0 radical (unpaired) electrons. The fraction of sp³-hybridized carbons (Fsp3) is 0. The molecule has 2 rings (SSSR count). The number of rotatable bonds is 4. The topological polar surface area (TPSA) is 91.1 Å². The minimum atomic E-state index is -4.58. The summed E-state index contributed by atoms with van der Waals surface area (Å²) < 4.78 is 51.0. The smallest absolute Gasteiger partial charge is 0.282 e. The predicted molar refractivity (Wildman–Crippen MR) is 72.6 cm³/mol. The number of benzene rings is 1. The van der Waals surface area contributed by atoms with Crippen molar-refractivity contribution in [2.75, 3.05) is 0 Å². The lowest BCUT2D eigenvalue weighted by Crippen LogP contribution is -2.42. The summed E-state index contributed by atoms with van der Waals surface area (Å²) in [6, 6.07) is 4.01. The van der Waals surface area contributed by atoms with Gasteiger partial charge in [-0.15, -0.1) is 4.83 Å².